The molecule has 1 atom stereocenters. The fourth-order valence-electron chi connectivity index (χ4n) is 3.63. The molecular weight excluding hydrogens is 392 g/mol. The van der Waals surface area contributed by atoms with Crippen LogP contribution in [0, 0.1) is 0 Å². The van der Waals surface area contributed by atoms with E-state index in [0.29, 0.717) is 17.7 Å². The van der Waals surface area contributed by atoms with E-state index in [9.17, 15) is 9.59 Å². The number of furan rings is 1. The normalized spacial score (nSPS) is 17.2. The summed E-state index contributed by atoms with van der Waals surface area (Å²) in [6.45, 7) is 3.97. The van der Waals surface area contributed by atoms with Crippen LogP contribution in [0.4, 0.5) is 0 Å². The van der Waals surface area contributed by atoms with Crippen molar-refractivity contribution in [2.45, 2.75) is 31.9 Å². The first-order chi connectivity index (χ1) is 14.9. The summed E-state index contributed by atoms with van der Waals surface area (Å²) in [7, 11) is 0. The van der Waals surface area contributed by atoms with E-state index in [0.717, 1.165) is 11.3 Å². The lowest BCUT2D eigenvalue weighted by molar-refractivity contribution is -0.119. The van der Waals surface area contributed by atoms with Crippen LogP contribution in [-0.4, -0.2) is 17.4 Å². The van der Waals surface area contributed by atoms with Crippen molar-refractivity contribution >= 4 is 17.9 Å². The van der Waals surface area contributed by atoms with Crippen molar-refractivity contribution in [2.24, 2.45) is 0 Å². The second-order valence-electron chi connectivity index (χ2n) is 8.02. The largest absolute Gasteiger partial charge is 0.487 e. The molecule has 2 N–H and O–H groups in total. The fraction of sp³-hybridized carbons (Fsp3) is 0.200. The number of rotatable bonds is 5. The van der Waals surface area contributed by atoms with Gasteiger partial charge in [-0.05, 0) is 44.2 Å². The topological polar surface area (TPSA) is 80.6 Å². The van der Waals surface area contributed by atoms with Crippen molar-refractivity contribution in [3.8, 4) is 5.75 Å². The van der Waals surface area contributed by atoms with E-state index >= 15 is 0 Å². The van der Waals surface area contributed by atoms with E-state index in [1.54, 1.807) is 36.4 Å². The molecule has 0 bridgehead atoms. The Hall–Kier alpha value is -3.80. The Morgan fingerprint density at radius 2 is 1.74 bits per heavy atom. The van der Waals surface area contributed by atoms with Crippen LogP contribution in [0.3, 0.4) is 0 Å². The molecule has 0 spiro atoms. The minimum absolute atomic E-state index is 0.102. The Morgan fingerprint density at radius 3 is 2.48 bits per heavy atom. The molecule has 1 aliphatic heterocycles. The summed E-state index contributed by atoms with van der Waals surface area (Å²) in [5.41, 5.74) is 1.02. The molecule has 0 saturated heterocycles. The van der Waals surface area contributed by atoms with Gasteiger partial charge in [0.2, 0.25) is 0 Å². The maximum Gasteiger partial charge on any atom is 0.268 e. The minimum atomic E-state index is -0.440. The van der Waals surface area contributed by atoms with Gasteiger partial charge in [0.15, 0.2) is 0 Å². The highest BCUT2D eigenvalue weighted by Crippen LogP contribution is 2.39. The van der Waals surface area contributed by atoms with Gasteiger partial charge in [0.25, 0.3) is 11.8 Å². The van der Waals surface area contributed by atoms with Gasteiger partial charge < -0.3 is 19.8 Å². The van der Waals surface area contributed by atoms with Gasteiger partial charge in [-0.25, -0.2) is 0 Å². The number of para-hydroxylation sites is 1. The number of carbonyl (C=O) groups excluding carboxylic acids is 2. The molecule has 0 fully saturated rings. The van der Waals surface area contributed by atoms with Crippen molar-refractivity contribution in [3.63, 3.8) is 0 Å². The number of benzene rings is 2. The number of nitrogens with one attached hydrogen (secondary N) is 2. The monoisotopic (exact) mass is 416 g/mol. The van der Waals surface area contributed by atoms with E-state index in [1.165, 1.54) is 12.3 Å². The summed E-state index contributed by atoms with van der Waals surface area (Å²) in [5.74, 6) is 0.430. The Labute approximate surface area is 180 Å². The first kappa shape index (κ1) is 20.5. The molecule has 158 valence electrons. The van der Waals surface area contributed by atoms with Crippen molar-refractivity contribution in [1.82, 2.24) is 10.6 Å². The molecule has 6 heteroatoms. The molecule has 1 aliphatic rings. The van der Waals surface area contributed by atoms with Crippen molar-refractivity contribution in [1.29, 1.82) is 0 Å². The van der Waals surface area contributed by atoms with Crippen molar-refractivity contribution in [3.05, 3.63) is 95.6 Å². The van der Waals surface area contributed by atoms with Gasteiger partial charge in [0.1, 0.15) is 22.8 Å². The number of hydrogen-bond acceptors (Lipinski definition) is 4. The molecule has 0 saturated carbocycles. The molecule has 1 aromatic heterocycles. The zero-order valence-corrected chi connectivity index (χ0v) is 17.4. The molecule has 4 rings (SSSR count). The van der Waals surface area contributed by atoms with Gasteiger partial charge in [0.05, 0.1) is 12.3 Å². The first-order valence-corrected chi connectivity index (χ1v) is 10.1. The SMILES string of the molecule is CC1(C)CC(NC(=O)/C(=C/c2ccco2)NC(=O)c2ccccc2)c2ccccc2O1. The molecule has 3 aromatic rings. The predicted molar refractivity (Wildman–Crippen MR) is 117 cm³/mol. The number of fused-ring (bicyclic) bond motifs is 1. The van der Waals surface area contributed by atoms with Crippen LogP contribution in [0.15, 0.2) is 83.1 Å². The van der Waals surface area contributed by atoms with Crippen molar-refractivity contribution < 1.29 is 18.7 Å². The first-order valence-electron chi connectivity index (χ1n) is 10.1. The molecule has 31 heavy (non-hydrogen) atoms. The highest BCUT2D eigenvalue weighted by Gasteiger charge is 2.34. The van der Waals surface area contributed by atoms with Crippen LogP contribution in [0.2, 0.25) is 0 Å². The lowest BCUT2D eigenvalue weighted by atomic mass is 9.89. The quantitative estimate of drug-likeness (QED) is 0.602. The Bertz CT molecular complexity index is 1100. The number of ether oxygens (including phenoxy) is 1. The summed E-state index contributed by atoms with van der Waals surface area (Å²) < 4.78 is 11.4. The maximum atomic E-state index is 13.2. The second kappa shape index (κ2) is 8.52. The number of carbonyl (C=O) groups is 2. The minimum Gasteiger partial charge on any atom is -0.487 e. The van der Waals surface area contributed by atoms with Gasteiger partial charge in [-0.1, -0.05) is 36.4 Å². The van der Waals surface area contributed by atoms with E-state index in [1.807, 2.05) is 44.2 Å². The smallest absolute Gasteiger partial charge is 0.268 e. The third kappa shape index (κ3) is 4.86. The molecule has 6 nitrogen and oxygen atoms in total. The molecule has 1 unspecified atom stereocenters. The van der Waals surface area contributed by atoms with Gasteiger partial charge in [-0.2, -0.15) is 0 Å². The zero-order chi connectivity index (χ0) is 21.8. The zero-order valence-electron chi connectivity index (χ0n) is 17.4. The van der Waals surface area contributed by atoms with E-state index in [-0.39, 0.29) is 17.6 Å². The van der Waals surface area contributed by atoms with Gasteiger partial charge in [0, 0.05) is 23.6 Å². The van der Waals surface area contributed by atoms with Crippen LogP contribution in [0.5, 0.6) is 5.75 Å². The Morgan fingerprint density at radius 1 is 1.00 bits per heavy atom. The molecular formula is C25H24N2O4. The standard InChI is InChI=1S/C25H24N2O4/c1-25(2)16-21(19-12-6-7-13-22(19)31-25)27-24(29)20(15-18-11-8-14-30-18)26-23(28)17-9-4-3-5-10-17/h3-15,21H,16H2,1-2H3,(H,26,28)(H,27,29)/b20-15-. The third-order valence-electron chi connectivity index (χ3n) is 5.04. The third-order valence-corrected chi connectivity index (χ3v) is 5.04. The summed E-state index contributed by atoms with van der Waals surface area (Å²) in [5, 5.41) is 5.78. The highest BCUT2D eigenvalue weighted by atomic mass is 16.5. The van der Waals surface area contributed by atoms with Crippen LogP contribution in [0.25, 0.3) is 6.08 Å². The Kier molecular flexibility index (Phi) is 5.62. The second-order valence-corrected chi connectivity index (χ2v) is 8.02. The lowest BCUT2D eigenvalue weighted by Gasteiger charge is -2.38. The summed E-state index contributed by atoms with van der Waals surface area (Å²) in [6.07, 6.45) is 3.63. The fourth-order valence-corrected chi connectivity index (χ4v) is 3.63. The average Bonchev–Trinajstić information content (AvgIpc) is 3.26. The number of amides is 2. The molecule has 0 aliphatic carbocycles. The summed E-state index contributed by atoms with van der Waals surface area (Å²) in [4.78, 5) is 25.9. The van der Waals surface area contributed by atoms with Crippen LogP contribution in [-0.2, 0) is 4.79 Å². The molecule has 2 heterocycles. The highest BCUT2D eigenvalue weighted by molar-refractivity contribution is 6.05. The van der Waals surface area contributed by atoms with Gasteiger partial charge in [-0.3, -0.25) is 9.59 Å². The lowest BCUT2D eigenvalue weighted by Crippen LogP contribution is -2.43. The molecule has 2 amide bonds. The molecule has 2 aromatic carbocycles. The molecule has 0 radical (unpaired) electrons. The number of hydrogen-bond donors (Lipinski definition) is 2. The predicted octanol–water partition coefficient (Wildman–Crippen LogP) is 4.47. The summed E-state index contributed by atoms with van der Waals surface area (Å²) >= 11 is 0. The van der Waals surface area contributed by atoms with E-state index < -0.39 is 11.5 Å². The van der Waals surface area contributed by atoms with Gasteiger partial charge >= 0.3 is 0 Å². The van der Waals surface area contributed by atoms with E-state index in [4.69, 9.17) is 9.15 Å². The summed E-state index contributed by atoms with van der Waals surface area (Å²) in [6, 6.07) is 19.6. The maximum absolute atomic E-state index is 13.2. The van der Waals surface area contributed by atoms with Gasteiger partial charge in [-0.15, -0.1) is 0 Å². The van der Waals surface area contributed by atoms with Crippen molar-refractivity contribution in [2.75, 3.05) is 0 Å². The van der Waals surface area contributed by atoms with Crippen LogP contribution in [0.1, 0.15) is 48.0 Å². The average molecular weight is 416 g/mol. The van der Waals surface area contributed by atoms with E-state index in [2.05, 4.69) is 10.6 Å². The Balaban J connectivity index is 1.60. The van der Waals surface area contributed by atoms with Crippen LogP contribution >= 0.6 is 0 Å². The van der Waals surface area contributed by atoms with Crippen LogP contribution < -0.4 is 15.4 Å².